The monoisotopic (exact) mass is 296 g/mol. The van der Waals surface area contributed by atoms with Gasteiger partial charge in [0.25, 0.3) is 0 Å². The maximum Gasteiger partial charge on any atom is 0.223 e. The van der Waals surface area contributed by atoms with Crippen LogP contribution in [0.4, 0.5) is 0 Å². The smallest absolute Gasteiger partial charge is 0.223 e. The molecule has 3 atom stereocenters. The zero-order valence-corrected chi connectivity index (χ0v) is 12.9. The van der Waals surface area contributed by atoms with Gasteiger partial charge in [0.15, 0.2) is 5.76 Å². The lowest BCUT2D eigenvalue weighted by Gasteiger charge is -2.31. The van der Waals surface area contributed by atoms with E-state index in [0.717, 1.165) is 11.3 Å². The van der Waals surface area contributed by atoms with Crippen molar-refractivity contribution in [3.8, 4) is 0 Å². The zero-order chi connectivity index (χ0) is 15.7. The second kappa shape index (κ2) is 5.48. The van der Waals surface area contributed by atoms with E-state index in [2.05, 4.69) is 25.6 Å². The van der Waals surface area contributed by atoms with Crippen molar-refractivity contribution in [2.75, 3.05) is 7.11 Å². The maximum absolute atomic E-state index is 12.1. The van der Waals surface area contributed by atoms with Crippen molar-refractivity contribution in [3.05, 3.63) is 72.2 Å². The molecule has 0 unspecified atom stereocenters. The molecule has 1 aromatic rings. The van der Waals surface area contributed by atoms with E-state index in [1.54, 1.807) is 6.08 Å². The molecule has 0 bridgehead atoms. The fourth-order valence-electron chi connectivity index (χ4n) is 3.45. The number of carbonyl (C=O) groups excluding carboxylic acids is 1. The van der Waals surface area contributed by atoms with Crippen molar-refractivity contribution >= 4 is 5.78 Å². The summed E-state index contributed by atoms with van der Waals surface area (Å²) in [5.41, 5.74) is 0.759. The fourth-order valence-corrected chi connectivity index (χ4v) is 3.45. The number of carbonyl (C=O) groups is 1. The molecule has 0 saturated carbocycles. The molecule has 0 aromatic heterocycles. The van der Waals surface area contributed by atoms with Crippen LogP contribution < -0.4 is 0 Å². The third-order valence-corrected chi connectivity index (χ3v) is 4.70. The topological polar surface area (TPSA) is 35.5 Å². The first kappa shape index (κ1) is 14.6. The molecule has 0 spiro atoms. The minimum absolute atomic E-state index is 0.0762. The second-order valence-electron chi connectivity index (χ2n) is 5.86. The van der Waals surface area contributed by atoms with E-state index in [4.69, 9.17) is 9.47 Å². The van der Waals surface area contributed by atoms with E-state index in [1.165, 1.54) is 7.11 Å². The van der Waals surface area contributed by atoms with E-state index in [0.29, 0.717) is 12.2 Å². The molecule has 0 N–H and O–H groups in total. The second-order valence-corrected chi connectivity index (χ2v) is 5.86. The van der Waals surface area contributed by atoms with Gasteiger partial charge < -0.3 is 9.47 Å². The van der Waals surface area contributed by atoms with Gasteiger partial charge in [-0.25, -0.2) is 0 Å². The highest BCUT2D eigenvalue weighted by Crippen LogP contribution is 2.57. The van der Waals surface area contributed by atoms with Gasteiger partial charge in [-0.15, -0.1) is 6.58 Å². The number of hydrogen-bond donors (Lipinski definition) is 0. The Kier molecular flexibility index (Phi) is 3.65. The van der Waals surface area contributed by atoms with E-state index in [9.17, 15) is 4.79 Å². The molecule has 22 heavy (non-hydrogen) atoms. The predicted molar refractivity (Wildman–Crippen MR) is 84.9 cm³/mol. The van der Waals surface area contributed by atoms with Gasteiger partial charge in [0.1, 0.15) is 11.9 Å². The third kappa shape index (κ3) is 2.08. The highest BCUT2D eigenvalue weighted by Gasteiger charge is 2.52. The minimum atomic E-state index is -0.360. The number of ketones is 1. The summed E-state index contributed by atoms with van der Waals surface area (Å²) in [6, 6.07) is 10.1. The van der Waals surface area contributed by atoms with Crippen molar-refractivity contribution in [3.63, 3.8) is 0 Å². The Morgan fingerprint density at radius 3 is 2.73 bits per heavy atom. The van der Waals surface area contributed by atoms with Crippen molar-refractivity contribution in [1.82, 2.24) is 0 Å². The Morgan fingerprint density at radius 1 is 1.36 bits per heavy atom. The Balaban J connectivity index is 2.07. The van der Waals surface area contributed by atoms with Crippen LogP contribution in [0, 0.1) is 11.3 Å². The molecule has 114 valence electrons. The predicted octanol–water partition coefficient (Wildman–Crippen LogP) is 3.95. The van der Waals surface area contributed by atoms with Crippen LogP contribution in [-0.2, 0) is 14.3 Å². The van der Waals surface area contributed by atoms with Gasteiger partial charge in [0.2, 0.25) is 5.78 Å². The van der Waals surface area contributed by atoms with Crippen LogP contribution >= 0.6 is 0 Å². The van der Waals surface area contributed by atoms with Crippen LogP contribution in [0.1, 0.15) is 25.0 Å². The number of ether oxygens (including phenoxy) is 2. The molecular weight excluding hydrogens is 276 g/mol. The number of methoxy groups -OCH3 is 1. The summed E-state index contributed by atoms with van der Waals surface area (Å²) in [6.07, 6.45) is 6.00. The van der Waals surface area contributed by atoms with Gasteiger partial charge in [0, 0.05) is 12.0 Å². The first-order chi connectivity index (χ1) is 10.6. The van der Waals surface area contributed by atoms with Crippen LogP contribution in [0.25, 0.3) is 0 Å². The molecule has 3 heteroatoms. The lowest BCUT2D eigenvalue weighted by atomic mass is 9.69. The lowest BCUT2D eigenvalue weighted by Crippen LogP contribution is -2.29. The summed E-state index contributed by atoms with van der Waals surface area (Å²) < 4.78 is 11.4. The number of allylic oxidation sites excluding steroid dienone is 3. The molecule has 3 nitrogen and oxygen atoms in total. The van der Waals surface area contributed by atoms with Crippen molar-refractivity contribution in [2.24, 2.45) is 11.3 Å². The van der Waals surface area contributed by atoms with Crippen molar-refractivity contribution < 1.29 is 14.3 Å². The first-order valence-corrected chi connectivity index (χ1v) is 7.48. The molecule has 1 aromatic carbocycles. The van der Waals surface area contributed by atoms with Gasteiger partial charge in [-0.05, 0) is 18.1 Å². The molecule has 1 heterocycles. The molecule has 0 radical (unpaired) electrons. The summed E-state index contributed by atoms with van der Waals surface area (Å²) in [6.45, 7) is 6.03. The summed E-state index contributed by atoms with van der Waals surface area (Å²) in [4.78, 5) is 12.1. The highest BCUT2D eigenvalue weighted by molar-refractivity contribution is 6.04. The van der Waals surface area contributed by atoms with E-state index in [1.807, 2.05) is 30.4 Å². The lowest BCUT2D eigenvalue weighted by molar-refractivity contribution is -0.114. The number of benzene rings is 1. The molecule has 1 aliphatic heterocycles. The summed E-state index contributed by atoms with van der Waals surface area (Å²) in [5.74, 6) is 1.14. The highest BCUT2D eigenvalue weighted by atomic mass is 16.5. The Morgan fingerprint density at radius 2 is 2.09 bits per heavy atom. The van der Waals surface area contributed by atoms with E-state index >= 15 is 0 Å². The van der Waals surface area contributed by atoms with Gasteiger partial charge in [-0.3, -0.25) is 4.79 Å². The minimum Gasteiger partial charge on any atom is -0.493 e. The largest absolute Gasteiger partial charge is 0.493 e. The quantitative estimate of drug-likeness (QED) is 0.789. The van der Waals surface area contributed by atoms with E-state index in [-0.39, 0.29) is 23.2 Å². The molecular formula is C19H20O3. The summed E-state index contributed by atoms with van der Waals surface area (Å²) in [5, 5.41) is 0. The summed E-state index contributed by atoms with van der Waals surface area (Å²) in [7, 11) is 1.53. The third-order valence-electron chi connectivity index (χ3n) is 4.70. The van der Waals surface area contributed by atoms with Gasteiger partial charge in [-0.2, -0.15) is 0 Å². The standard InChI is InChI=1S/C19H20O3/c1-4-10-19-12-16(21-3)15(20)11-17(19)22-18(13(19)2)14-8-6-5-7-9-14/h4-9,11-13,18H,1,10H2,2-3H3/t13-,18+,19-/m1/s1. The van der Waals surface area contributed by atoms with Crippen LogP contribution in [0.5, 0.6) is 0 Å². The van der Waals surface area contributed by atoms with Crippen LogP contribution in [0.3, 0.4) is 0 Å². The average molecular weight is 296 g/mol. The van der Waals surface area contributed by atoms with Gasteiger partial charge >= 0.3 is 0 Å². The van der Waals surface area contributed by atoms with Gasteiger partial charge in [0.05, 0.1) is 12.5 Å². The zero-order valence-electron chi connectivity index (χ0n) is 12.9. The van der Waals surface area contributed by atoms with E-state index < -0.39 is 0 Å². The maximum atomic E-state index is 12.1. The Bertz CT molecular complexity index is 657. The molecule has 0 amide bonds. The molecule has 3 rings (SSSR count). The summed E-state index contributed by atoms with van der Waals surface area (Å²) >= 11 is 0. The van der Waals surface area contributed by atoms with Crippen LogP contribution in [0.2, 0.25) is 0 Å². The van der Waals surface area contributed by atoms with Crippen molar-refractivity contribution in [1.29, 1.82) is 0 Å². The molecule has 1 saturated heterocycles. The van der Waals surface area contributed by atoms with Crippen LogP contribution in [-0.4, -0.2) is 12.9 Å². The van der Waals surface area contributed by atoms with Crippen molar-refractivity contribution in [2.45, 2.75) is 19.4 Å². The molecule has 1 aliphatic carbocycles. The van der Waals surface area contributed by atoms with Gasteiger partial charge in [-0.1, -0.05) is 43.3 Å². The average Bonchev–Trinajstić information content (AvgIpc) is 2.81. The SMILES string of the molecule is C=CC[C@]12C=C(OC)C(=O)C=C1O[C@H](c1ccccc1)[C@H]2C. The number of rotatable bonds is 4. The van der Waals surface area contributed by atoms with Crippen LogP contribution in [0.15, 0.2) is 66.7 Å². The molecule has 1 fully saturated rings. The Hall–Kier alpha value is -2.29. The number of fused-ring (bicyclic) bond motifs is 1. The molecule has 2 aliphatic rings. The first-order valence-electron chi connectivity index (χ1n) is 7.48. The number of hydrogen-bond acceptors (Lipinski definition) is 3. The fraction of sp³-hybridized carbons (Fsp3) is 0.316. The Labute approximate surface area is 130 Å². The normalized spacial score (nSPS) is 30.0.